The van der Waals surface area contributed by atoms with Crippen molar-refractivity contribution in [2.24, 2.45) is 0 Å². The Labute approximate surface area is 132 Å². The Hall–Kier alpha value is -2.15. The molecule has 0 unspecified atom stereocenters. The van der Waals surface area contributed by atoms with Crippen molar-refractivity contribution in [3.05, 3.63) is 48.5 Å². The zero-order chi connectivity index (χ0) is 14.9. The number of hydrogen-bond acceptors (Lipinski definition) is 5. The maximum absolute atomic E-state index is 4.48. The van der Waals surface area contributed by atoms with Crippen molar-refractivity contribution in [3.8, 4) is 5.69 Å². The van der Waals surface area contributed by atoms with E-state index in [1.807, 2.05) is 36.5 Å². The minimum atomic E-state index is 0.120. The van der Waals surface area contributed by atoms with Gasteiger partial charge in [0.2, 0.25) is 0 Å². The van der Waals surface area contributed by atoms with Gasteiger partial charge in [-0.05, 0) is 42.3 Å². The lowest BCUT2D eigenvalue weighted by atomic mass is 10.3. The summed E-state index contributed by atoms with van der Waals surface area (Å²) in [5.41, 5.74) is 0.973. The van der Waals surface area contributed by atoms with Gasteiger partial charge >= 0.3 is 0 Å². The molecule has 3 aromatic rings. The van der Waals surface area contributed by atoms with Crippen LogP contribution in [0.2, 0.25) is 0 Å². The second kappa shape index (κ2) is 5.57. The SMILES string of the molecule is C[C@H](Sc1nccn1C1CC1)c1nnnn1-c1ccccc1. The van der Waals surface area contributed by atoms with Gasteiger partial charge in [0.15, 0.2) is 11.0 Å². The van der Waals surface area contributed by atoms with Gasteiger partial charge in [0.1, 0.15) is 0 Å². The fourth-order valence-corrected chi connectivity index (χ4v) is 3.45. The van der Waals surface area contributed by atoms with Gasteiger partial charge in [-0.3, -0.25) is 0 Å². The lowest BCUT2D eigenvalue weighted by molar-refractivity contribution is 0.660. The highest BCUT2D eigenvalue weighted by molar-refractivity contribution is 7.99. The van der Waals surface area contributed by atoms with Crippen molar-refractivity contribution in [2.75, 3.05) is 0 Å². The minimum Gasteiger partial charge on any atom is -0.323 e. The molecule has 1 aromatic carbocycles. The molecule has 1 atom stereocenters. The first-order valence-electron chi connectivity index (χ1n) is 7.36. The first-order chi connectivity index (χ1) is 10.8. The largest absolute Gasteiger partial charge is 0.323 e. The second-order valence-corrected chi connectivity index (χ2v) is 6.70. The van der Waals surface area contributed by atoms with Crippen molar-refractivity contribution in [1.82, 2.24) is 29.8 Å². The summed E-state index contributed by atoms with van der Waals surface area (Å²) in [4.78, 5) is 4.48. The first-order valence-corrected chi connectivity index (χ1v) is 8.24. The van der Waals surface area contributed by atoms with Crippen LogP contribution >= 0.6 is 11.8 Å². The highest BCUT2D eigenvalue weighted by Gasteiger charge is 2.27. The average molecular weight is 312 g/mol. The molecule has 0 saturated heterocycles. The van der Waals surface area contributed by atoms with Gasteiger partial charge in [-0.1, -0.05) is 30.0 Å². The molecular weight excluding hydrogens is 296 g/mol. The topological polar surface area (TPSA) is 61.4 Å². The Morgan fingerprint density at radius 3 is 2.82 bits per heavy atom. The molecule has 0 bridgehead atoms. The zero-order valence-corrected chi connectivity index (χ0v) is 13.0. The molecule has 0 N–H and O–H groups in total. The zero-order valence-electron chi connectivity index (χ0n) is 12.2. The molecule has 2 aromatic heterocycles. The van der Waals surface area contributed by atoms with E-state index in [0.717, 1.165) is 16.7 Å². The highest BCUT2D eigenvalue weighted by atomic mass is 32.2. The van der Waals surface area contributed by atoms with Gasteiger partial charge < -0.3 is 4.57 Å². The molecule has 1 fully saturated rings. The lowest BCUT2D eigenvalue weighted by Crippen LogP contribution is -2.06. The normalized spacial score (nSPS) is 15.9. The van der Waals surface area contributed by atoms with Crippen LogP contribution in [-0.4, -0.2) is 29.8 Å². The maximum Gasteiger partial charge on any atom is 0.169 e. The van der Waals surface area contributed by atoms with Crippen molar-refractivity contribution in [2.45, 2.75) is 36.2 Å². The average Bonchev–Trinajstić information content (AvgIpc) is 3.09. The number of thioether (sulfide) groups is 1. The molecule has 6 nitrogen and oxygen atoms in total. The maximum atomic E-state index is 4.48. The molecule has 0 amide bonds. The second-order valence-electron chi connectivity index (χ2n) is 5.39. The standard InChI is InChI=1S/C15H16N6S/c1-11(22-15-16-9-10-20(15)12-7-8-12)14-17-18-19-21(14)13-5-3-2-4-6-13/h2-6,9-12H,7-8H2,1H3/t11-/m0/s1. The number of aromatic nitrogens is 6. The quantitative estimate of drug-likeness (QED) is 0.678. The molecule has 0 aliphatic heterocycles. The highest BCUT2D eigenvalue weighted by Crippen LogP contribution is 2.40. The van der Waals surface area contributed by atoms with Crippen molar-refractivity contribution < 1.29 is 0 Å². The monoisotopic (exact) mass is 312 g/mol. The van der Waals surface area contributed by atoms with E-state index >= 15 is 0 Å². The van der Waals surface area contributed by atoms with Gasteiger partial charge in [-0.15, -0.1) is 5.10 Å². The molecule has 0 spiro atoms. The predicted molar refractivity (Wildman–Crippen MR) is 83.9 cm³/mol. The fourth-order valence-electron chi connectivity index (χ4n) is 2.43. The Morgan fingerprint density at radius 1 is 1.23 bits per heavy atom. The number of nitrogens with zero attached hydrogens (tertiary/aromatic N) is 6. The summed E-state index contributed by atoms with van der Waals surface area (Å²) in [6.45, 7) is 2.11. The minimum absolute atomic E-state index is 0.120. The number of benzene rings is 1. The van der Waals surface area contributed by atoms with Crippen molar-refractivity contribution in [1.29, 1.82) is 0 Å². The molecule has 112 valence electrons. The third-order valence-electron chi connectivity index (χ3n) is 3.71. The van der Waals surface area contributed by atoms with E-state index in [1.165, 1.54) is 12.8 Å². The molecule has 0 radical (unpaired) electrons. The molecular formula is C15H16N6S. The van der Waals surface area contributed by atoms with Crippen LogP contribution < -0.4 is 0 Å². The van der Waals surface area contributed by atoms with Gasteiger partial charge in [0.25, 0.3) is 0 Å². The van der Waals surface area contributed by atoms with E-state index in [-0.39, 0.29) is 5.25 Å². The summed E-state index contributed by atoms with van der Waals surface area (Å²) in [6.07, 6.45) is 6.43. The Kier molecular flexibility index (Phi) is 3.42. The number of para-hydroxylation sites is 1. The summed E-state index contributed by atoms with van der Waals surface area (Å²) in [6, 6.07) is 10.6. The summed E-state index contributed by atoms with van der Waals surface area (Å²) in [5.74, 6) is 0.835. The number of rotatable bonds is 5. The predicted octanol–water partition coefficient (Wildman–Crippen LogP) is 3.05. The molecule has 7 heteroatoms. The molecule has 1 aliphatic carbocycles. The van der Waals surface area contributed by atoms with Crippen LogP contribution in [0.5, 0.6) is 0 Å². The Balaban J connectivity index is 1.60. The van der Waals surface area contributed by atoms with Crippen LogP contribution in [0.15, 0.2) is 47.9 Å². The van der Waals surface area contributed by atoms with Crippen LogP contribution in [0.1, 0.15) is 36.9 Å². The van der Waals surface area contributed by atoms with Crippen molar-refractivity contribution in [3.63, 3.8) is 0 Å². The molecule has 2 heterocycles. The summed E-state index contributed by atoms with van der Waals surface area (Å²) in [5, 5.41) is 13.3. The van der Waals surface area contributed by atoms with E-state index in [9.17, 15) is 0 Å². The molecule has 1 aliphatic rings. The smallest absolute Gasteiger partial charge is 0.169 e. The summed E-state index contributed by atoms with van der Waals surface area (Å²) in [7, 11) is 0. The van der Waals surface area contributed by atoms with E-state index < -0.39 is 0 Å². The molecule has 1 saturated carbocycles. The van der Waals surface area contributed by atoms with E-state index in [2.05, 4.69) is 38.2 Å². The van der Waals surface area contributed by atoms with Crippen LogP contribution in [0.3, 0.4) is 0 Å². The van der Waals surface area contributed by atoms with Crippen molar-refractivity contribution >= 4 is 11.8 Å². The summed E-state index contributed by atoms with van der Waals surface area (Å²) >= 11 is 1.70. The van der Waals surface area contributed by atoms with E-state index in [0.29, 0.717) is 6.04 Å². The third-order valence-corrected chi connectivity index (χ3v) is 4.80. The fraction of sp³-hybridized carbons (Fsp3) is 0.333. The van der Waals surface area contributed by atoms with E-state index in [4.69, 9.17) is 0 Å². The number of imidazole rings is 1. The van der Waals surface area contributed by atoms with Crippen LogP contribution in [0.4, 0.5) is 0 Å². The van der Waals surface area contributed by atoms with E-state index in [1.54, 1.807) is 16.4 Å². The number of hydrogen-bond donors (Lipinski definition) is 0. The molecule has 4 rings (SSSR count). The van der Waals surface area contributed by atoms with Crippen LogP contribution in [-0.2, 0) is 0 Å². The Bertz CT molecular complexity index is 761. The van der Waals surface area contributed by atoms with Gasteiger partial charge in [-0.25, -0.2) is 4.98 Å². The number of tetrazole rings is 1. The lowest BCUT2D eigenvalue weighted by Gasteiger charge is -2.12. The van der Waals surface area contributed by atoms with Gasteiger partial charge in [-0.2, -0.15) is 4.68 Å². The Morgan fingerprint density at radius 2 is 2.05 bits per heavy atom. The van der Waals surface area contributed by atoms with Gasteiger partial charge in [0, 0.05) is 18.4 Å². The van der Waals surface area contributed by atoms with Crippen LogP contribution in [0, 0.1) is 0 Å². The first kappa shape index (κ1) is 13.5. The molecule has 22 heavy (non-hydrogen) atoms. The van der Waals surface area contributed by atoms with Crippen LogP contribution in [0.25, 0.3) is 5.69 Å². The van der Waals surface area contributed by atoms with Gasteiger partial charge in [0.05, 0.1) is 10.9 Å². The third kappa shape index (κ3) is 2.52. The summed E-state index contributed by atoms with van der Waals surface area (Å²) < 4.78 is 4.06.